The van der Waals surface area contributed by atoms with E-state index in [2.05, 4.69) is 5.32 Å². The quantitative estimate of drug-likeness (QED) is 0.912. The molecule has 1 unspecified atom stereocenters. The fourth-order valence-electron chi connectivity index (χ4n) is 4.02. The van der Waals surface area contributed by atoms with Crippen LogP contribution in [0.1, 0.15) is 38.3 Å². The summed E-state index contributed by atoms with van der Waals surface area (Å²) in [6.45, 7) is 6.60. The van der Waals surface area contributed by atoms with Crippen LogP contribution in [0.5, 0.6) is 11.5 Å². The minimum absolute atomic E-state index is 0.0190. The van der Waals surface area contributed by atoms with Crippen molar-refractivity contribution in [3.63, 3.8) is 0 Å². The molecule has 2 aromatic rings. The molecule has 0 saturated heterocycles. The van der Waals surface area contributed by atoms with Gasteiger partial charge in [-0.05, 0) is 38.5 Å². The summed E-state index contributed by atoms with van der Waals surface area (Å²) < 4.78 is 11.8. The number of ether oxygens (including phenoxy) is 2. The minimum atomic E-state index is -0.710. The van der Waals surface area contributed by atoms with Crippen molar-refractivity contribution in [2.75, 3.05) is 11.9 Å². The fraction of sp³-hybridized carbons (Fsp3) is 0.350. The number of carbonyl (C=O) groups is 1. The van der Waals surface area contributed by atoms with Gasteiger partial charge in [0, 0.05) is 23.7 Å². The number of hydrogen-bond acceptors (Lipinski definition) is 3. The van der Waals surface area contributed by atoms with Crippen LogP contribution in [0.25, 0.3) is 0 Å². The number of hydrogen-bond donors (Lipinski definition) is 1. The Morgan fingerprint density at radius 2 is 1.96 bits per heavy atom. The van der Waals surface area contributed by atoms with Crippen molar-refractivity contribution in [1.82, 2.24) is 0 Å². The van der Waals surface area contributed by atoms with E-state index in [1.165, 1.54) is 0 Å². The second-order valence-corrected chi connectivity index (χ2v) is 7.03. The standard InChI is InChI=1S/C20H21NO3/c1-4-23-13-9-10-15-17(11-13)24-19(2,3)12-20(15)14-7-5-6-8-16(14)21-18(20)22/h5-11H,4,12H2,1-3H3,(H,21,22). The Morgan fingerprint density at radius 1 is 1.17 bits per heavy atom. The van der Waals surface area contributed by atoms with Crippen LogP contribution in [0.4, 0.5) is 5.69 Å². The molecule has 1 amide bonds. The van der Waals surface area contributed by atoms with Crippen LogP contribution < -0.4 is 14.8 Å². The molecule has 2 aliphatic rings. The Kier molecular flexibility index (Phi) is 3.14. The normalized spacial score (nSPS) is 23.2. The first-order chi connectivity index (χ1) is 11.5. The average molecular weight is 323 g/mol. The van der Waals surface area contributed by atoms with E-state index < -0.39 is 11.0 Å². The predicted octanol–water partition coefficient (Wildman–Crippen LogP) is 3.88. The van der Waals surface area contributed by atoms with E-state index in [0.717, 1.165) is 28.3 Å². The second kappa shape index (κ2) is 5.00. The summed E-state index contributed by atoms with van der Waals surface area (Å²) in [5, 5.41) is 3.05. The zero-order valence-electron chi connectivity index (χ0n) is 14.2. The highest BCUT2D eigenvalue weighted by Gasteiger charge is 2.55. The van der Waals surface area contributed by atoms with Gasteiger partial charge in [0.05, 0.1) is 6.61 Å². The number of carbonyl (C=O) groups excluding carboxylic acids is 1. The molecule has 1 atom stereocenters. The number of anilines is 1. The molecule has 4 rings (SSSR count). The van der Waals surface area contributed by atoms with Crippen molar-refractivity contribution in [3.8, 4) is 11.5 Å². The smallest absolute Gasteiger partial charge is 0.239 e. The Balaban J connectivity index is 1.96. The third-order valence-electron chi connectivity index (χ3n) is 4.82. The topological polar surface area (TPSA) is 47.6 Å². The van der Waals surface area contributed by atoms with Gasteiger partial charge in [-0.25, -0.2) is 0 Å². The van der Waals surface area contributed by atoms with Gasteiger partial charge in [-0.1, -0.05) is 24.3 Å². The summed E-state index contributed by atoms with van der Waals surface area (Å²) in [6, 6.07) is 13.7. The van der Waals surface area contributed by atoms with Gasteiger partial charge in [0.2, 0.25) is 5.91 Å². The highest BCUT2D eigenvalue weighted by Crippen LogP contribution is 2.54. The maximum absolute atomic E-state index is 13.1. The molecule has 0 bridgehead atoms. The summed E-state index contributed by atoms with van der Waals surface area (Å²) in [6.07, 6.45) is 0.601. The lowest BCUT2D eigenvalue weighted by molar-refractivity contribution is -0.122. The first-order valence-electron chi connectivity index (χ1n) is 8.33. The van der Waals surface area contributed by atoms with E-state index in [0.29, 0.717) is 13.0 Å². The second-order valence-electron chi connectivity index (χ2n) is 7.03. The molecule has 0 radical (unpaired) electrons. The van der Waals surface area contributed by atoms with E-state index in [4.69, 9.17) is 9.47 Å². The number of nitrogens with one attached hydrogen (secondary N) is 1. The molecule has 1 N–H and O–H groups in total. The van der Waals surface area contributed by atoms with Gasteiger partial charge < -0.3 is 14.8 Å². The van der Waals surface area contributed by atoms with Crippen molar-refractivity contribution in [2.45, 2.75) is 38.2 Å². The van der Waals surface area contributed by atoms with Crippen LogP contribution >= 0.6 is 0 Å². The lowest BCUT2D eigenvalue weighted by atomic mass is 9.67. The van der Waals surface area contributed by atoms with E-state index in [1.807, 2.05) is 63.2 Å². The fourth-order valence-corrected chi connectivity index (χ4v) is 4.02. The van der Waals surface area contributed by atoms with Gasteiger partial charge in [0.25, 0.3) is 0 Å². The van der Waals surface area contributed by atoms with Crippen LogP contribution in [-0.4, -0.2) is 18.1 Å². The molecule has 2 aromatic carbocycles. The van der Waals surface area contributed by atoms with E-state index in [-0.39, 0.29) is 5.91 Å². The molecule has 2 heterocycles. The molecular formula is C20H21NO3. The van der Waals surface area contributed by atoms with Crippen molar-refractivity contribution in [3.05, 3.63) is 53.6 Å². The molecule has 124 valence electrons. The van der Waals surface area contributed by atoms with Crippen LogP contribution in [0.3, 0.4) is 0 Å². The Hall–Kier alpha value is -2.49. The van der Waals surface area contributed by atoms with Crippen molar-refractivity contribution in [1.29, 1.82) is 0 Å². The van der Waals surface area contributed by atoms with Crippen LogP contribution in [-0.2, 0) is 10.2 Å². The third kappa shape index (κ3) is 2.02. The Bertz CT molecular complexity index is 827. The molecule has 4 nitrogen and oxygen atoms in total. The lowest BCUT2D eigenvalue weighted by Crippen LogP contribution is -2.48. The maximum Gasteiger partial charge on any atom is 0.239 e. The van der Waals surface area contributed by atoms with Gasteiger partial charge in [0.15, 0.2) is 0 Å². The molecule has 24 heavy (non-hydrogen) atoms. The summed E-state index contributed by atoms with van der Waals surface area (Å²) in [4.78, 5) is 13.1. The van der Waals surface area contributed by atoms with Crippen LogP contribution in [0, 0.1) is 0 Å². The SMILES string of the molecule is CCOc1ccc2c(c1)OC(C)(C)CC21C(=O)Nc2ccccc21. The maximum atomic E-state index is 13.1. The van der Waals surface area contributed by atoms with E-state index >= 15 is 0 Å². The van der Waals surface area contributed by atoms with E-state index in [9.17, 15) is 4.79 Å². The van der Waals surface area contributed by atoms with Crippen molar-refractivity contribution >= 4 is 11.6 Å². The summed E-state index contributed by atoms with van der Waals surface area (Å²) in [5.74, 6) is 1.50. The zero-order chi connectivity index (χ0) is 16.9. The lowest BCUT2D eigenvalue weighted by Gasteiger charge is -2.43. The largest absolute Gasteiger partial charge is 0.494 e. The highest BCUT2D eigenvalue weighted by molar-refractivity contribution is 6.09. The Labute approximate surface area is 141 Å². The number of rotatable bonds is 2. The molecule has 0 aliphatic carbocycles. The molecule has 0 aromatic heterocycles. The van der Waals surface area contributed by atoms with Gasteiger partial charge >= 0.3 is 0 Å². The van der Waals surface area contributed by atoms with Crippen molar-refractivity contribution in [2.24, 2.45) is 0 Å². The molecule has 2 aliphatic heterocycles. The van der Waals surface area contributed by atoms with E-state index in [1.54, 1.807) is 0 Å². The summed E-state index contributed by atoms with van der Waals surface area (Å²) in [7, 11) is 0. The van der Waals surface area contributed by atoms with Crippen LogP contribution in [0.2, 0.25) is 0 Å². The highest BCUT2D eigenvalue weighted by atomic mass is 16.5. The molecule has 0 fully saturated rings. The van der Waals surface area contributed by atoms with Gasteiger partial charge in [-0.2, -0.15) is 0 Å². The number of para-hydroxylation sites is 1. The van der Waals surface area contributed by atoms with Crippen molar-refractivity contribution < 1.29 is 14.3 Å². The average Bonchev–Trinajstić information content (AvgIpc) is 2.79. The number of benzene rings is 2. The summed E-state index contributed by atoms with van der Waals surface area (Å²) >= 11 is 0. The zero-order valence-corrected chi connectivity index (χ0v) is 14.2. The molecule has 4 heteroatoms. The number of fused-ring (bicyclic) bond motifs is 4. The monoisotopic (exact) mass is 323 g/mol. The Morgan fingerprint density at radius 3 is 2.75 bits per heavy atom. The van der Waals surface area contributed by atoms with Gasteiger partial charge in [-0.15, -0.1) is 0 Å². The molecule has 0 saturated carbocycles. The third-order valence-corrected chi connectivity index (χ3v) is 4.82. The molecule has 1 spiro atoms. The predicted molar refractivity (Wildman–Crippen MR) is 92.8 cm³/mol. The van der Waals surface area contributed by atoms with Gasteiger partial charge in [-0.3, -0.25) is 4.79 Å². The summed E-state index contributed by atoms with van der Waals surface area (Å²) in [5.41, 5.74) is 1.66. The minimum Gasteiger partial charge on any atom is -0.494 e. The first kappa shape index (κ1) is 15.1. The molecular weight excluding hydrogens is 302 g/mol. The van der Waals surface area contributed by atoms with Gasteiger partial charge in [0.1, 0.15) is 22.5 Å². The van der Waals surface area contributed by atoms with Crippen LogP contribution in [0.15, 0.2) is 42.5 Å². The number of amides is 1. The first-order valence-corrected chi connectivity index (χ1v) is 8.33.